The van der Waals surface area contributed by atoms with Gasteiger partial charge in [-0.2, -0.15) is 0 Å². The van der Waals surface area contributed by atoms with Crippen LogP contribution in [0.1, 0.15) is 17.2 Å². The van der Waals surface area contributed by atoms with Gasteiger partial charge >= 0.3 is 11.8 Å². The Bertz CT molecular complexity index is 826. The summed E-state index contributed by atoms with van der Waals surface area (Å²) in [5.41, 5.74) is 0.255. The van der Waals surface area contributed by atoms with Gasteiger partial charge in [-0.1, -0.05) is 18.1 Å². The fourth-order valence-corrected chi connectivity index (χ4v) is 2.08. The van der Waals surface area contributed by atoms with E-state index in [-0.39, 0.29) is 0 Å². The molecule has 3 N–H and O–H groups in total. The predicted octanol–water partition coefficient (Wildman–Crippen LogP) is 1.73. The van der Waals surface area contributed by atoms with E-state index in [0.717, 1.165) is 18.2 Å². The molecule has 0 aliphatic rings. The van der Waals surface area contributed by atoms with Crippen molar-refractivity contribution in [3.63, 3.8) is 0 Å². The van der Waals surface area contributed by atoms with E-state index in [1.807, 2.05) is 0 Å². The first kappa shape index (κ1) is 18.1. The first-order chi connectivity index (χ1) is 11.9. The molecule has 128 valence electrons. The lowest BCUT2D eigenvalue weighted by atomic mass is 10.1. The van der Waals surface area contributed by atoms with Crippen molar-refractivity contribution in [2.24, 2.45) is 0 Å². The predicted molar refractivity (Wildman–Crippen MR) is 87.3 cm³/mol. The number of carbonyl (C=O) groups is 2. The van der Waals surface area contributed by atoms with Crippen molar-refractivity contribution in [3.8, 4) is 12.3 Å². The lowest BCUT2D eigenvalue weighted by Gasteiger charge is -2.13. The summed E-state index contributed by atoms with van der Waals surface area (Å²) in [5, 5.41) is 14.3. The van der Waals surface area contributed by atoms with Gasteiger partial charge in [0.25, 0.3) is 0 Å². The highest BCUT2D eigenvalue weighted by molar-refractivity contribution is 6.39. The van der Waals surface area contributed by atoms with Crippen molar-refractivity contribution in [1.29, 1.82) is 0 Å². The number of terminal acetylenes is 1. The molecule has 1 atom stereocenters. The molecule has 0 aliphatic carbocycles. The van der Waals surface area contributed by atoms with Crippen LogP contribution in [-0.4, -0.2) is 23.5 Å². The summed E-state index contributed by atoms with van der Waals surface area (Å²) >= 11 is 0. The molecule has 1 unspecified atom stereocenters. The van der Waals surface area contributed by atoms with Crippen molar-refractivity contribution < 1.29 is 23.5 Å². The fourth-order valence-electron chi connectivity index (χ4n) is 2.08. The van der Waals surface area contributed by atoms with E-state index >= 15 is 0 Å². The zero-order chi connectivity index (χ0) is 18.4. The number of aliphatic hydroxyl groups is 1. The number of rotatable bonds is 4. The highest BCUT2D eigenvalue weighted by Gasteiger charge is 2.20. The normalized spacial score (nSPS) is 11.3. The Morgan fingerprint density at radius 2 is 1.76 bits per heavy atom. The van der Waals surface area contributed by atoms with E-state index in [4.69, 9.17) is 6.42 Å². The van der Waals surface area contributed by atoms with Gasteiger partial charge in [-0.15, -0.1) is 6.42 Å². The minimum Gasteiger partial charge on any atom is -0.386 e. The summed E-state index contributed by atoms with van der Waals surface area (Å²) in [6.07, 6.45) is 3.60. The summed E-state index contributed by atoms with van der Waals surface area (Å²) in [5.74, 6) is -1.58. The largest absolute Gasteiger partial charge is 0.386 e. The number of aliphatic hydroxyl groups excluding tert-OH is 1. The number of hydrogen-bond acceptors (Lipinski definition) is 3. The number of anilines is 1. The highest BCUT2D eigenvalue weighted by Crippen LogP contribution is 2.19. The Morgan fingerprint density at radius 3 is 2.40 bits per heavy atom. The van der Waals surface area contributed by atoms with E-state index in [2.05, 4.69) is 16.6 Å². The molecule has 2 amide bonds. The van der Waals surface area contributed by atoms with Gasteiger partial charge < -0.3 is 15.7 Å². The molecule has 25 heavy (non-hydrogen) atoms. The number of hydrogen-bond donors (Lipinski definition) is 3. The Morgan fingerprint density at radius 1 is 1.12 bits per heavy atom. The average Bonchev–Trinajstić information content (AvgIpc) is 2.59. The molecule has 2 aromatic rings. The number of benzene rings is 2. The second kappa shape index (κ2) is 8.04. The fraction of sp³-hybridized carbons (Fsp3) is 0.111. The maximum absolute atomic E-state index is 13.5. The molecule has 0 aliphatic heterocycles. The lowest BCUT2D eigenvalue weighted by molar-refractivity contribution is -0.136. The summed E-state index contributed by atoms with van der Waals surface area (Å²) in [6, 6.07) is 9.40. The molecule has 0 aromatic heterocycles. The minimum absolute atomic E-state index is 0.316. The van der Waals surface area contributed by atoms with Gasteiger partial charge in [0.1, 0.15) is 17.7 Å². The third kappa shape index (κ3) is 4.62. The second-order valence-corrected chi connectivity index (χ2v) is 5.04. The zero-order valence-corrected chi connectivity index (χ0v) is 12.9. The van der Waals surface area contributed by atoms with Crippen molar-refractivity contribution in [2.45, 2.75) is 6.10 Å². The Balaban J connectivity index is 1.95. The third-order valence-electron chi connectivity index (χ3n) is 3.28. The monoisotopic (exact) mass is 344 g/mol. The first-order valence-corrected chi connectivity index (χ1v) is 7.20. The molecule has 0 heterocycles. The smallest absolute Gasteiger partial charge is 0.313 e. The van der Waals surface area contributed by atoms with Crippen LogP contribution >= 0.6 is 0 Å². The summed E-state index contributed by atoms with van der Waals surface area (Å²) in [6.45, 7) is -0.533. The standard InChI is InChI=1S/C18H14F2N2O3/c1-2-11-5-3-6-12(9-11)22-18(25)17(24)21-10-15(23)16-13(19)7-4-8-14(16)20/h1,3-9,15,23H,10H2,(H,21,24)(H,22,25). The number of carbonyl (C=O) groups excluding carboxylic acids is 2. The molecule has 0 bridgehead atoms. The maximum atomic E-state index is 13.5. The number of amides is 2. The molecule has 2 aromatic carbocycles. The van der Waals surface area contributed by atoms with Gasteiger partial charge in [-0.3, -0.25) is 9.59 Å². The van der Waals surface area contributed by atoms with Gasteiger partial charge in [0.2, 0.25) is 0 Å². The van der Waals surface area contributed by atoms with Gasteiger partial charge in [-0.25, -0.2) is 8.78 Å². The summed E-state index contributed by atoms with van der Waals surface area (Å²) in [7, 11) is 0. The molecule has 0 spiro atoms. The maximum Gasteiger partial charge on any atom is 0.313 e. The van der Waals surface area contributed by atoms with Crippen LogP contribution in [0.15, 0.2) is 42.5 Å². The van der Waals surface area contributed by atoms with Crippen LogP contribution in [0.4, 0.5) is 14.5 Å². The molecule has 0 radical (unpaired) electrons. The summed E-state index contributed by atoms with van der Waals surface area (Å²) in [4.78, 5) is 23.5. The first-order valence-electron chi connectivity index (χ1n) is 7.20. The van der Waals surface area contributed by atoms with Crippen molar-refractivity contribution >= 4 is 17.5 Å². The van der Waals surface area contributed by atoms with Crippen LogP contribution in [0.3, 0.4) is 0 Å². The Labute approximate surface area is 142 Å². The quantitative estimate of drug-likeness (QED) is 0.584. The topological polar surface area (TPSA) is 78.4 Å². The Hall–Kier alpha value is -3.24. The van der Waals surface area contributed by atoms with Gasteiger partial charge in [0, 0.05) is 17.8 Å². The van der Waals surface area contributed by atoms with Gasteiger partial charge in [0.05, 0.1) is 5.56 Å². The average molecular weight is 344 g/mol. The second-order valence-electron chi connectivity index (χ2n) is 5.04. The van der Waals surface area contributed by atoms with Crippen LogP contribution in [0, 0.1) is 24.0 Å². The van der Waals surface area contributed by atoms with Crippen LogP contribution in [0.25, 0.3) is 0 Å². The molecule has 5 nitrogen and oxygen atoms in total. The minimum atomic E-state index is -1.64. The van der Waals surface area contributed by atoms with Crippen molar-refractivity contribution in [3.05, 3.63) is 65.2 Å². The Kier molecular flexibility index (Phi) is 5.82. The van der Waals surface area contributed by atoms with Crippen LogP contribution in [0.5, 0.6) is 0 Å². The lowest BCUT2D eigenvalue weighted by Crippen LogP contribution is -2.37. The van der Waals surface area contributed by atoms with E-state index in [9.17, 15) is 23.5 Å². The third-order valence-corrected chi connectivity index (χ3v) is 3.28. The summed E-state index contributed by atoms with van der Waals surface area (Å²) < 4.78 is 27.1. The number of nitrogens with one attached hydrogen (secondary N) is 2. The van der Waals surface area contributed by atoms with Crippen LogP contribution in [-0.2, 0) is 9.59 Å². The molecular formula is C18H14F2N2O3. The number of halogens is 2. The molecule has 2 rings (SSSR count). The van der Waals surface area contributed by atoms with E-state index in [1.54, 1.807) is 12.1 Å². The molecule has 0 saturated heterocycles. The molecule has 0 saturated carbocycles. The molecular weight excluding hydrogens is 330 g/mol. The van der Waals surface area contributed by atoms with Crippen LogP contribution in [0.2, 0.25) is 0 Å². The van der Waals surface area contributed by atoms with Crippen molar-refractivity contribution in [2.75, 3.05) is 11.9 Å². The SMILES string of the molecule is C#Cc1cccc(NC(=O)C(=O)NCC(O)c2c(F)cccc2F)c1. The van der Waals surface area contributed by atoms with E-state index < -0.39 is 41.7 Å². The zero-order valence-electron chi connectivity index (χ0n) is 12.9. The van der Waals surface area contributed by atoms with Crippen molar-refractivity contribution in [1.82, 2.24) is 5.32 Å². The van der Waals surface area contributed by atoms with Crippen LogP contribution < -0.4 is 10.6 Å². The molecule has 7 heteroatoms. The van der Waals surface area contributed by atoms with E-state index in [1.165, 1.54) is 12.1 Å². The van der Waals surface area contributed by atoms with E-state index in [0.29, 0.717) is 11.3 Å². The molecule has 0 fully saturated rings. The highest BCUT2D eigenvalue weighted by atomic mass is 19.1. The van der Waals surface area contributed by atoms with Gasteiger partial charge in [-0.05, 0) is 30.3 Å². The van der Waals surface area contributed by atoms with Gasteiger partial charge in [0.15, 0.2) is 0 Å².